The Balaban J connectivity index is 3.78. The summed E-state index contributed by atoms with van der Waals surface area (Å²) in [4.78, 5) is 0. The maximum absolute atomic E-state index is 13.7. The smallest absolute Gasteiger partial charge is 0.207 e. The molecule has 0 saturated heterocycles. The molecule has 140 valence electrons. The zero-order valence-electron chi connectivity index (χ0n) is 15.1. The van der Waals surface area contributed by atoms with E-state index in [-0.39, 0.29) is 12.8 Å². The summed E-state index contributed by atoms with van der Waals surface area (Å²) in [7, 11) is 0. The highest BCUT2D eigenvalue weighted by molar-refractivity contribution is 4.74. The van der Waals surface area contributed by atoms with Crippen LogP contribution in [-0.2, 0) is 0 Å². The Morgan fingerprint density at radius 2 is 0.739 bits per heavy atom. The van der Waals surface area contributed by atoms with Crippen molar-refractivity contribution in [3.63, 3.8) is 0 Å². The second-order valence-electron chi connectivity index (χ2n) is 6.89. The van der Waals surface area contributed by atoms with Crippen LogP contribution in [-0.4, -0.2) is 11.8 Å². The van der Waals surface area contributed by atoms with Gasteiger partial charge in [0.1, 0.15) is 0 Å². The number of unbranched alkanes of at least 4 members (excludes halogenated alkanes) is 9. The first-order chi connectivity index (χ1) is 10.8. The SMILES string of the molecule is CCCCCCCCC(F)(F)CCC(F)(F)CCCCCCC. The summed E-state index contributed by atoms with van der Waals surface area (Å²) < 4.78 is 54.7. The van der Waals surface area contributed by atoms with Crippen LogP contribution in [0.4, 0.5) is 17.6 Å². The third-order valence-electron chi connectivity index (χ3n) is 4.40. The van der Waals surface area contributed by atoms with Crippen LogP contribution in [0.3, 0.4) is 0 Å². The molecule has 0 fully saturated rings. The molecule has 4 heteroatoms. The molecule has 0 rings (SSSR count). The van der Waals surface area contributed by atoms with E-state index in [1.165, 1.54) is 0 Å². The van der Waals surface area contributed by atoms with Crippen LogP contribution in [0.1, 0.15) is 110 Å². The van der Waals surface area contributed by atoms with Crippen molar-refractivity contribution >= 4 is 0 Å². The summed E-state index contributed by atoms with van der Waals surface area (Å²) in [5, 5.41) is 0. The van der Waals surface area contributed by atoms with E-state index in [0.717, 1.165) is 57.8 Å². The normalized spacial score (nSPS) is 12.8. The fourth-order valence-corrected chi connectivity index (χ4v) is 2.77. The van der Waals surface area contributed by atoms with Gasteiger partial charge in [-0.25, -0.2) is 17.6 Å². The van der Waals surface area contributed by atoms with Gasteiger partial charge in [-0.05, 0) is 12.8 Å². The van der Waals surface area contributed by atoms with Crippen molar-refractivity contribution in [2.75, 3.05) is 0 Å². The van der Waals surface area contributed by atoms with Crippen molar-refractivity contribution in [3.8, 4) is 0 Å². The first-order valence-electron chi connectivity index (χ1n) is 9.58. The van der Waals surface area contributed by atoms with Crippen molar-refractivity contribution in [2.45, 2.75) is 122 Å². The minimum absolute atomic E-state index is 0.244. The monoisotopic (exact) mass is 340 g/mol. The van der Waals surface area contributed by atoms with E-state index in [2.05, 4.69) is 13.8 Å². The molecule has 0 aliphatic carbocycles. The molecule has 0 radical (unpaired) electrons. The molecule has 0 aromatic heterocycles. The van der Waals surface area contributed by atoms with Gasteiger partial charge in [0, 0.05) is 25.7 Å². The van der Waals surface area contributed by atoms with Gasteiger partial charge in [0.2, 0.25) is 11.8 Å². The quantitative estimate of drug-likeness (QED) is 0.196. The van der Waals surface area contributed by atoms with E-state index in [9.17, 15) is 17.6 Å². The number of alkyl halides is 4. The van der Waals surface area contributed by atoms with Crippen LogP contribution in [0.2, 0.25) is 0 Å². The summed E-state index contributed by atoms with van der Waals surface area (Å²) in [6.45, 7) is 4.18. The molecule has 0 amide bonds. The Morgan fingerprint density at radius 1 is 0.435 bits per heavy atom. The van der Waals surface area contributed by atoms with Crippen LogP contribution in [0, 0.1) is 0 Å². The average Bonchev–Trinajstić information content (AvgIpc) is 2.49. The van der Waals surface area contributed by atoms with Gasteiger partial charge < -0.3 is 0 Å². The van der Waals surface area contributed by atoms with Crippen LogP contribution in [0.15, 0.2) is 0 Å². The molecule has 0 aliphatic rings. The van der Waals surface area contributed by atoms with Crippen LogP contribution < -0.4 is 0 Å². The van der Waals surface area contributed by atoms with Crippen molar-refractivity contribution in [1.82, 2.24) is 0 Å². The maximum atomic E-state index is 13.7. The Hall–Kier alpha value is -0.280. The topological polar surface area (TPSA) is 0 Å². The van der Waals surface area contributed by atoms with Crippen molar-refractivity contribution < 1.29 is 17.6 Å². The van der Waals surface area contributed by atoms with Gasteiger partial charge in [-0.1, -0.05) is 71.6 Å². The predicted octanol–water partition coefficient (Wildman–Crippen LogP) is 8.15. The van der Waals surface area contributed by atoms with E-state index < -0.39 is 24.7 Å². The Labute approximate surface area is 140 Å². The Kier molecular flexibility index (Phi) is 12.9. The second-order valence-corrected chi connectivity index (χ2v) is 6.89. The lowest BCUT2D eigenvalue weighted by Crippen LogP contribution is -2.23. The molecule has 0 bridgehead atoms. The van der Waals surface area contributed by atoms with Gasteiger partial charge in [0.05, 0.1) is 0 Å². The number of hydrogen-bond donors (Lipinski definition) is 0. The summed E-state index contributed by atoms with van der Waals surface area (Å²) in [5.74, 6) is -5.87. The van der Waals surface area contributed by atoms with Gasteiger partial charge >= 0.3 is 0 Å². The lowest BCUT2D eigenvalue weighted by Gasteiger charge is -2.21. The summed E-state index contributed by atoms with van der Waals surface area (Å²) in [5.41, 5.74) is 0. The highest BCUT2D eigenvalue weighted by Gasteiger charge is 2.35. The van der Waals surface area contributed by atoms with E-state index in [1.807, 2.05) is 0 Å². The first-order valence-corrected chi connectivity index (χ1v) is 9.58. The molecule has 0 aliphatic heterocycles. The third kappa shape index (κ3) is 15.0. The van der Waals surface area contributed by atoms with Crippen LogP contribution in [0.25, 0.3) is 0 Å². The fourth-order valence-electron chi connectivity index (χ4n) is 2.77. The van der Waals surface area contributed by atoms with Gasteiger partial charge in [-0.2, -0.15) is 0 Å². The van der Waals surface area contributed by atoms with E-state index in [1.54, 1.807) is 0 Å². The van der Waals surface area contributed by atoms with Crippen LogP contribution >= 0.6 is 0 Å². The molecular weight excluding hydrogens is 304 g/mol. The minimum atomic E-state index is -2.93. The summed E-state index contributed by atoms with van der Waals surface area (Å²) in [6, 6.07) is 0. The molecule has 0 unspecified atom stereocenters. The van der Waals surface area contributed by atoms with Gasteiger partial charge in [0.15, 0.2) is 0 Å². The maximum Gasteiger partial charge on any atom is 0.248 e. The van der Waals surface area contributed by atoms with E-state index >= 15 is 0 Å². The zero-order valence-corrected chi connectivity index (χ0v) is 15.1. The number of rotatable bonds is 16. The molecule has 0 atom stereocenters. The molecule has 0 N–H and O–H groups in total. The van der Waals surface area contributed by atoms with Crippen molar-refractivity contribution in [2.24, 2.45) is 0 Å². The molecule has 23 heavy (non-hydrogen) atoms. The summed E-state index contributed by atoms with van der Waals surface area (Å²) in [6.07, 6.45) is 8.00. The first kappa shape index (κ1) is 22.7. The van der Waals surface area contributed by atoms with E-state index in [0.29, 0.717) is 12.8 Å². The van der Waals surface area contributed by atoms with E-state index in [4.69, 9.17) is 0 Å². The Bertz CT molecular complexity index is 264. The second kappa shape index (κ2) is 13.1. The molecule has 0 spiro atoms. The predicted molar refractivity (Wildman–Crippen MR) is 90.5 cm³/mol. The molecule has 0 heterocycles. The molecular formula is C19H36F4. The molecule has 0 aromatic rings. The highest BCUT2D eigenvalue weighted by Crippen LogP contribution is 2.34. The van der Waals surface area contributed by atoms with Crippen LogP contribution in [0.5, 0.6) is 0 Å². The molecule has 0 nitrogen and oxygen atoms in total. The highest BCUT2D eigenvalue weighted by atomic mass is 19.3. The van der Waals surface area contributed by atoms with Gasteiger partial charge in [0.25, 0.3) is 0 Å². The lowest BCUT2D eigenvalue weighted by molar-refractivity contribution is -0.0721. The average molecular weight is 340 g/mol. The minimum Gasteiger partial charge on any atom is -0.207 e. The number of hydrogen-bond acceptors (Lipinski definition) is 0. The molecule has 0 saturated carbocycles. The largest absolute Gasteiger partial charge is 0.248 e. The van der Waals surface area contributed by atoms with Crippen molar-refractivity contribution in [1.29, 1.82) is 0 Å². The standard InChI is InChI=1S/C19H36F4/c1-3-5-7-9-11-13-15-19(22,23)17-16-18(20,21)14-12-10-8-6-4-2/h3-17H2,1-2H3. The summed E-state index contributed by atoms with van der Waals surface area (Å²) >= 11 is 0. The lowest BCUT2D eigenvalue weighted by atomic mass is 9.99. The zero-order chi connectivity index (χ0) is 17.6. The molecule has 0 aromatic carbocycles. The third-order valence-corrected chi connectivity index (χ3v) is 4.40. The van der Waals surface area contributed by atoms with Gasteiger partial charge in [-0.15, -0.1) is 0 Å². The van der Waals surface area contributed by atoms with Gasteiger partial charge in [-0.3, -0.25) is 0 Å². The van der Waals surface area contributed by atoms with Crippen molar-refractivity contribution in [3.05, 3.63) is 0 Å². The fraction of sp³-hybridized carbons (Fsp3) is 1.00. The Morgan fingerprint density at radius 3 is 1.09 bits per heavy atom. The number of halogens is 4.